The number of hydrogen-bond donors (Lipinski definition) is 3. The number of benzene rings is 1. The van der Waals surface area contributed by atoms with Gasteiger partial charge in [0.1, 0.15) is 18.1 Å². The first-order valence-corrected chi connectivity index (χ1v) is 5.11. The lowest BCUT2D eigenvalue weighted by atomic mass is 10.3. The average molecular weight is 272 g/mol. The molecule has 0 heterocycles. The van der Waals surface area contributed by atoms with Gasteiger partial charge in [-0.15, -0.1) is 10.1 Å². The van der Waals surface area contributed by atoms with Crippen molar-refractivity contribution >= 4 is 5.96 Å². The zero-order valence-electron chi connectivity index (χ0n) is 10.4. The van der Waals surface area contributed by atoms with Crippen molar-refractivity contribution in [2.75, 3.05) is 20.3 Å². The predicted molar refractivity (Wildman–Crippen MR) is 67.9 cm³/mol. The van der Waals surface area contributed by atoms with E-state index in [1.807, 2.05) is 18.2 Å². The molecule has 0 aliphatic rings. The molecule has 106 valence electrons. The summed E-state index contributed by atoms with van der Waals surface area (Å²) in [6.07, 6.45) is 0. The molecule has 19 heavy (non-hydrogen) atoms. The van der Waals surface area contributed by atoms with E-state index in [0.717, 1.165) is 11.5 Å². The lowest BCUT2D eigenvalue weighted by Gasteiger charge is -2.05. The lowest BCUT2D eigenvalue weighted by Crippen LogP contribution is -2.23. The number of aliphatic imine (C=N–C) groups is 1. The molecule has 0 aromatic heterocycles. The van der Waals surface area contributed by atoms with Crippen molar-refractivity contribution in [1.29, 1.82) is 0 Å². The third-order valence-corrected chi connectivity index (χ3v) is 1.70. The molecule has 0 fully saturated rings. The van der Waals surface area contributed by atoms with Gasteiger partial charge in [-0.2, -0.15) is 0 Å². The van der Waals surface area contributed by atoms with Crippen LogP contribution in [0.5, 0.6) is 11.5 Å². The number of ether oxygens (including phenoxy) is 2. The van der Waals surface area contributed by atoms with Gasteiger partial charge in [0.25, 0.3) is 5.09 Å². The van der Waals surface area contributed by atoms with Crippen LogP contribution in [0.25, 0.3) is 0 Å². The fourth-order valence-electron chi connectivity index (χ4n) is 1.03. The summed E-state index contributed by atoms with van der Waals surface area (Å²) >= 11 is 0. The van der Waals surface area contributed by atoms with Crippen molar-refractivity contribution in [2.24, 2.45) is 16.5 Å². The number of guanidine groups is 1. The molecule has 0 bridgehead atoms. The molecule has 0 amide bonds. The van der Waals surface area contributed by atoms with Crippen molar-refractivity contribution in [3.8, 4) is 11.5 Å². The van der Waals surface area contributed by atoms with Crippen LogP contribution in [0.2, 0.25) is 0 Å². The molecule has 5 N–H and O–H groups in total. The molecule has 1 aromatic rings. The van der Waals surface area contributed by atoms with Gasteiger partial charge in [0.2, 0.25) is 0 Å². The highest BCUT2D eigenvalue weighted by Crippen LogP contribution is 2.18. The lowest BCUT2D eigenvalue weighted by molar-refractivity contribution is -0.742. The Morgan fingerprint density at radius 3 is 2.58 bits per heavy atom. The molecule has 0 aliphatic carbocycles. The van der Waals surface area contributed by atoms with E-state index in [1.54, 1.807) is 13.2 Å². The maximum atomic E-state index is 8.36. The molecule has 0 radical (unpaired) electrons. The third kappa shape index (κ3) is 10.2. The van der Waals surface area contributed by atoms with Gasteiger partial charge in [0.15, 0.2) is 5.96 Å². The third-order valence-electron chi connectivity index (χ3n) is 1.70. The zero-order valence-corrected chi connectivity index (χ0v) is 10.4. The molecule has 0 aliphatic heterocycles. The molecule has 0 atom stereocenters. The first-order valence-electron chi connectivity index (χ1n) is 5.11. The molecule has 0 saturated carbocycles. The van der Waals surface area contributed by atoms with Crippen LogP contribution in [-0.4, -0.2) is 36.5 Å². The Morgan fingerprint density at radius 2 is 2.05 bits per heavy atom. The van der Waals surface area contributed by atoms with Gasteiger partial charge >= 0.3 is 0 Å². The Kier molecular flexibility index (Phi) is 8.00. The van der Waals surface area contributed by atoms with Crippen molar-refractivity contribution in [3.05, 3.63) is 34.4 Å². The summed E-state index contributed by atoms with van der Waals surface area (Å²) < 4.78 is 10.5. The quantitative estimate of drug-likeness (QED) is 0.225. The van der Waals surface area contributed by atoms with Crippen LogP contribution in [0.1, 0.15) is 0 Å². The highest BCUT2D eigenvalue weighted by atomic mass is 16.9. The summed E-state index contributed by atoms with van der Waals surface area (Å²) in [6, 6.07) is 7.35. The van der Waals surface area contributed by atoms with E-state index in [1.165, 1.54) is 0 Å². The SMILES string of the molecule is COc1cccc(OCCN=C(N)N)c1.O=[N+]([O-])O. The number of hydrogen-bond acceptors (Lipinski definition) is 5. The molecular formula is C10H16N4O5. The second-order valence-electron chi connectivity index (χ2n) is 3.07. The van der Waals surface area contributed by atoms with Gasteiger partial charge in [-0.05, 0) is 12.1 Å². The van der Waals surface area contributed by atoms with Gasteiger partial charge in [0.05, 0.1) is 13.7 Å². The molecule has 1 aromatic carbocycles. The number of rotatable bonds is 5. The first-order chi connectivity index (χ1) is 8.95. The highest BCUT2D eigenvalue weighted by Gasteiger charge is 1.95. The Morgan fingerprint density at radius 1 is 1.47 bits per heavy atom. The summed E-state index contributed by atoms with van der Waals surface area (Å²) in [5.41, 5.74) is 10.3. The van der Waals surface area contributed by atoms with Crippen LogP contribution in [0.15, 0.2) is 29.3 Å². The Labute approximate surface area is 109 Å². The minimum Gasteiger partial charge on any atom is -0.497 e. The van der Waals surface area contributed by atoms with Crippen LogP contribution in [0, 0.1) is 10.1 Å². The second-order valence-corrected chi connectivity index (χ2v) is 3.07. The minimum absolute atomic E-state index is 0.0734. The van der Waals surface area contributed by atoms with E-state index in [9.17, 15) is 0 Å². The van der Waals surface area contributed by atoms with Gasteiger partial charge in [-0.3, -0.25) is 4.99 Å². The van der Waals surface area contributed by atoms with E-state index >= 15 is 0 Å². The van der Waals surface area contributed by atoms with Crippen LogP contribution in [-0.2, 0) is 0 Å². The van der Waals surface area contributed by atoms with Crippen molar-refractivity contribution in [1.82, 2.24) is 0 Å². The molecule has 0 saturated heterocycles. The predicted octanol–water partition coefficient (Wildman–Crippen LogP) is -0.000300. The smallest absolute Gasteiger partial charge is 0.291 e. The maximum absolute atomic E-state index is 8.36. The molecule has 1 rings (SSSR count). The largest absolute Gasteiger partial charge is 0.497 e. The van der Waals surface area contributed by atoms with E-state index in [0.29, 0.717) is 13.2 Å². The van der Waals surface area contributed by atoms with Crippen LogP contribution >= 0.6 is 0 Å². The highest BCUT2D eigenvalue weighted by molar-refractivity contribution is 5.75. The zero-order chi connectivity index (χ0) is 14.7. The number of nitrogens with two attached hydrogens (primary N) is 2. The number of nitrogens with zero attached hydrogens (tertiary/aromatic N) is 2. The fraction of sp³-hybridized carbons (Fsp3) is 0.300. The van der Waals surface area contributed by atoms with E-state index in [2.05, 4.69) is 4.99 Å². The monoisotopic (exact) mass is 272 g/mol. The van der Waals surface area contributed by atoms with Crippen LogP contribution < -0.4 is 20.9 Å². The Hall–Kier alpha value is -2.71. The van der Waals surface area contributed by atoms with E-state index in [-0.39, 0.29) is 5.96 Å². The molecule has 0 spiro atoms. The van der Waals surface area contributed by atoms with E-state index < -0.39 is 5.09 Å². The van der Waals surface area contributed by atoms with Crippen LogP contribution in [0.3, 0.4) is 0 Å². The summed E-state index contributed by atoms with van der Waals surface area (Å²) in [5, 5.41) is 13.6. The summed E-state index contributed by atoms with van der Waals surface area (Å²) in [7, 11) is 1.61. The second kappa shape index (κ2) is 9.33. The summed E-state index contributed by atoms with van der Waals surface area (Å²) in [5.74, 6) is 1.57. The molecule has 9 heteroatoms. The molecular weight excluding hydrogens is 256 g/mol. The molecule has 0 unspecified atom stereocenters. The average Bonchev–Trinajstić information content (AvgIpc) is 2.34. The molecule has 9 nitrogen and oxygen atoms in total. The van der Waals surface area contributed by atoms with Gasteiger partial charge in [-0.1, -0.05) is 6.07 Å². The minimum atomic E-state index is -1.50. The van der Waals surface area contributed by atoms with Crippen molar-refractivity contribution in [3.63, 3.8) is 0 Å². The topological polar surface area (TPSA) is 146 Å². The van der Waals surface area contributed by atoms with Crippen molar-refractivity contribution in [2.45, 2.75) is 0 Å². The van der Waals surface area contributed by atoms with Gasteiger partial charge in [-0.25, -0.2) is 0 Å². The maximum Gasteiger partial charge on any atom is 0.291 e. The number of methoxy groups -OCH3 is 1. The van der Waals surface area contributed by atoms with Crippen LogP contribution in [0.4, 0.5) is 0 Å². The van der Waals surface area contributed by atoms with E-state index in [4.69, 9.17) is 36.3 Å². The first kappa shape index (κ1) is 16.3. The fourth-order valence-corrected chi connectivity index (χ4v) is 1.03. The van der Waals surface area contributed by atoms with Gasteiger partial charge < -0.3 is 26.1 Å². The van der Waals surface area contributed by atoms with Crippen molar-refractivity contribution < 1.29 is 19.8 Å². The normalized spacial score (nSPS) is 8.68. The van der Waals surface area contributed by atoms with Gasteiger partial charge in [0, 0.05) is 6.07 Å². The Balaban J connectivity index is 0.000000711. The summed E-state index contributed by atoms with van der Waals surface area (Å²) in [6.45, 7) is 0.880. The summed E-state index contributed by atoms with van der Waals surface area (Å²) in [4.78, 5) is 12.2. The standard InChI is InChI=1S/C10H15N3O2.HNO3/c1-14-8-3-2-4-9(7-8)15-6-5-13-10(11)12;2-1(3)4/h2-4,7H,5-6H2,1H3,(H4,11,12,13);(H,2,3,4). The Bertz CT molecular complexity index is 416.